The Balaban J connectivity index is 1.17. The van der Waals surface area contributed by atoms with Crippen molar-refractivity contribution >= 4 is 18.1 Å². The molecule has 0 aliphatic rings. The molecule has 0 aliphatic heterocycles. The molecule has 3 aromatic carbocycles. The number of aryl methyl sites for hydroxylation is 2. The highest BCUT2D eigenvalue weighted by Crippen LogP contribution is 2.39. The number of carbonyl (C=O) groups is 2. The van der Waals surface area contributed by atoms with Gasteiger partial charge in [-0.25, -0.2) is 10.2 Å². The molecule has 12 nitrogen and oxygen atoms in total. The van der Waals surface area contributed by atoms with Crippen LogP contribution < -0.4 is 33.8 Å². The molecule has 2 aromatic heterocycles. The van der Waals surface area contributed by atoms with Gasteiger partial charge in [0.2, 0.25) is 5.75 Å². The van der Waals surface area contributed by atoms with Crippen LogP contribution in [0.3, 0.4) is 0 Å². The lowest BCUT2D eigenvalue weighted by Crippen LogP contribution is -2.16. The standard InChI is InChI=1S/C37H37N3O9/c1-7-46-32-18-25(10-16-30(32)49-37(42)26-19-33(43-4)35(45-6)34(20-26)44-5)21-38-39-36(41)31-17-15-29(48-31)22-47-28-13-11-27(12-14-28)40-23(2)8-9-24(40)3/h8-21H,7,22H2,1-6H3,(H,39,41)/b38-21+. The minimum atomic E-state index is -0.659. The number of hydrazone groups is 1. The van der Waals surface area contributed by atoms with Crippen molar-refractivity contribution in [3.63, 3.8) is 0 Å². The van der Waals surface area contributed by atoms with E-state index in [1.807, 2.05) is 24.3 Å². The number of nitrogens with one attached hydrogen (secondary N) is 1. The first-order valence-electron chi connectivity index (χ1n) is 15.3. The maximum Gasteiger partial charge on any atom is 0.343 e. The van der Waals surface area contributed by atoms with E-state index in [1.54, 1.807) is 37.3 Å². The Morgan fingerprint density at radius 3 is 2.12 bits per heavy atom. The molecule has 0 fully saturated rings. The number of nitrogens with zero attached hydrogens (tertiary/aromatic N) is 2. The van der Waals surface area contributed by atoms with Gasteiger partial charge < -0.3 is 37.4 Å². The molecule has 0 saturated carbocycles. The second kappa shape index (κ2) is 15.6. The summed E-state index contributed by atoms with van der Waals surface area (Å²) in [6.07, 6.45) is 1.43. The van der Waals surface area contributed by atoms with Crippen molar-refractivity contribution in [3.8, 4) is 40.2 Å². The van der Waals surface area contributed by atoms with Gasteiger partial charge in [0.05, 0.1) is 39.7 Å². The molecule has 0 unspecified atom stereocenters. The maximum absolute atomic E-state index is 13.0. The van der Waals surface area contributed by atoms with Gasteiger partial charge in [-0.2, -0.15) is 5.10 Å². The first-order chi connectivity index (χ1) is 23.7. The molecule has 0 atom stereocenters. The first-order valence-corrected chi connectivity index (χ1v) is 15.3. The second-order valence-corrected chi connectivity index (χ2v) is 10.6. The smallest absolute Gasteiger partial charge is 0.343 e. The molecule has 0 radical (unpaired) electrons. The zero-order valence-electron chi connectivity index (χ0n) is 28.1. The Hall–Kier alpha value is -6.17. The fourth-order valence-corrected chi connectivity index (χ4v) is 5.03. The summed E-state index contributed by atoms with van der Waals surface area (Å²) in [6.45, 7) is 6.39. The van der Waals surface area contributed by atoms with Crippen LogP contribution in [0.1, 0.15) is 50.5 Å². The van der Waals surface area contributed by atoms with E-state index < -0.39 is 11.9 Å². The summed E-state index contributed by atoms with van der Waals surface area (Å²) in [5.74, 6) is 1.50. The molecule has 1 N–H and O–H groups in total. The van der Waals surface area contributed by atoms with E-state index >= 15 is 0 Å². The number of benzene rings is 3. The van der Waals surface area contributed by atoms with E-state index in [0.29, 0.717) is 46.7 Å². The third-order valence-corrected chi connectivity index (χ3v) is 7.38. The number of aromatic nitrogens is 1. The van der Waals surface area contributed by atoms with Crippen molar-refractivity contribution in [1.82, 2.24) is 9.99 Å². The van der Waals surface area contributed by atoms with E-state index in [0.717, 1.165) is 17.1 Å². The van der Waals surface area contributed by atoms with Crippen LogP contribution in [-0.4, -0.2) is 50.6 Å². The fourth-order valence-electron chi connectivity index (χ4n) is 5.03. The highest BCUT2D eigenvalue weighted by molar-refractivity contribution is 5.94. The summed E-state index contributed by atoms with van der Waals surface area (Å²) in [5, 5.41) is 4.04. The van der Waals surface area contributed by atoms with Gasteiger partial charge in [-0.3, -0.25) is 4.79 Å². The van der Waals surface area contributed by atoms with Gasteiger partial charge in [-0.1, -0.05) is 0 Å². The van der Waals surface area contributed by atoms with Gasteiger partial charge >= 0.3 is 11.9 Å². The number of esters is 1. The summed E-state index contributed by atoms with van der Waals surface area (Å²) in [4.78, 5) is 25.7. The molecule has 0 aliphatic carbocycles. The van der Waals surface area contributed by atoms with Crippen LogP contribution in [0.15, 0.2) is 88.4 Å². The summed E-state index contributed by atoms with van der Waals surface area (Å²) in [5.41, 5.74) is 6.56. The second-order valence-electron chi connectivity index (χ2n) is 10.6. The van der Waals surface area contributed by atoms with Gasteiger partial charge in [-0.15, -0.1) is 0 Å². The van der Waals surface area contributed by atoms with Gasteiger partial charge in [0.15, 0.2) is 28.8 Å². The Morgan fingerprint density at radius 2 is 1.49 bits per heavy atom. The molecule has 0 spiro atoms. The van der Waals surface area contributed by atoms with Crippen molar-refractivity contribution in [3.05, 3.63) is 113 Å². The molecule has 12 heteroatoms. The van der Waals surface area contributed by atoms with Crippen molar-refractivity contribution in [1.29, 1.82) is 0 Å². The van der Waals surface area contributed by atoms with Gasteiger partial charge in [0.1, 0.15) is 18.1 Å². The lowest BCUT2D eigenvalue weighted by Gasteiger charge is -2.15. The molecular weight excluding hydrogens is 630 g/mol. The third kappa shape index (κ3) is 8.04. The number of rotatable bonds is 14. The molecule has 2 heterocycles. The number of methoxy groups -OCH3 is 3. The van der Waals surface area contributed by atoms with Crippen LogP contribution in [0.25, 0.3) is 5.69 Å². The van der Waals surface area contributed by atoms with Crippen molar-refractivity contribution < 1.29 is 42.4 Å². The molecule has 49 heavy (non-hydrogen) atoms. The molecule has 254 valence electrons. The van der Waals surface area contributed by atoms with E-state index in [9.17, 15) is 9.59 Å². The Bertz CT molecular complexity index is 1910. The monoisotopic (exact) mass is 667 g/mol. The van der Waals surface area contributed by atoms with E-state index in [-0.39, 0.29) is 23.7 Å². The molecular formula is C37H37N3O9. The van der Waals surface area contributed by atoms with Gasteiger partial charge in [-0.05, 0) is 105 Å². The van der Waals surface area contributed by atoms with Gasteiger partial charge in [0.25, 0.3) is 0 Å². The normalized spacial score (nSPS) is 10.9. The zero-order chi connectivity index (χ0) is 34.9. The molecule has 1 amide bonds. The van der Waals surface area contributed by atoms with Crippen molar-refractivity contribution in [2.24, 2.45) is 5.10 Å². The maximum atomic E-state index is 13.0. The quantitative estimate of drug-likeness (QED) is 0.0597. The molecule has 5 aromatic rings. The fraction of sp³-hybridized carbons (Fsp3) is 0.216. The number of carbonyl (C=O) groups excluding carboxylic acids is 2. The largest absolute Gasteiger partial charge is 0.493 e. The SMILES string of the molecule is CCOc1cc(/C=N/NC(=O)c2ccc(COc3ccc(-n4c(C)ccc4C)cc3)o2)ccc1OC(=O)c1cc(OC)c(OC)c(OC)c1. The third-order valence-electron chi connectivity index (χ3n) is 7.38. The topological polar surface area (TPSA) is 132 Å². The lowest BCUT2D eigenvalue weighted by molar-refractivity contribution is 0.0727. The number of hydrogen-bond acceptors (Lipinski definition) is 10. The number of furan rings is 1. The highest BCUT2D eigenvalue weighted by Gasteiger charge is 2.20. The molecule has 0 saturated heterocycles. The molecule has 5 rings (SSSR count). The average molecular weight is 668 g/mol. The minimum absolute atomic E-state index is 0.0775. The van der Waals surface area contributed by atoms with Crippen molar-refractivity contribution in [2.75, 3.05) is 27.9 Å². The van der Waals surface area contributed by atoms with Crippen LogP contribution in [0.4, 0.5) is 0 Å². The minimum Gasteiger partial charge on any atom is -0.493 e. The van der Waals surface area contributed by atoms with Crippen LogP contribution in [0.2, 0.25) is 0 Å². The Morgan fingerprint density at radius 1 is 0.796 bits per heavy atom. The number of ether oxygens (including phenoxy) is 6. The summed E-state index contributed by atoms with van der Waals surface area (Å²) in [6, 6.07) is 23.0. The lowest BCUT2D eigenvalue weighted by atomic mass is 10.1. The number of amides is 1. The average Bonchev–Trinajstić information content (AvgIpc) is 3.73. The van der Waals surface area contributed by atoms with Crippen LogP contribution >= 0.6 is 0 Å². The zero-order valence-corrected chi connectivity index (χ0v) is 28.1. The first kappa shape index (κ1) is 34.2. The summed E-state index contributed by atoms with van der Waals surface area (Å²) < 4.78 is 41.0. The molecule has 0 bridgehead atoms. The Kier molecular flexibility index (Phi) is 10.9. The van der Waals surface area contributed by atoms with E-state index in [2.05, 4.69) is 41.1 Å². The van der Waals surface area contributed by atoms with Crippen LogP contribution in [0.5, 0.6) is 34.5 Å². The number of hydrogen-bond donors (Lipinski definition) is 1. The Labute approximate surface area is 283 Å². The summed E-state index contributed by atoms with van der Waals surface area (Å²) >= 11 is 0. The van der Waals surface area contributed by atoms with Gasteiger partial charge in [0, 0.05) is 17.1 Å². The van der Waals surface area contributed by atoms with E-state index in [1.165, 1.54) is 39.7 Å². The predicted octanol–water partition coefficient (Wildman–Crippen LogP) is 6.67. The van der Waals surface area contributed by atoms with E-state index in [4.69, 9.17) is 32.8 Å². The highest BCUT2D eigenvalue weighted by atomic mass is 16.6. The van der Waals surface area contributed by atoms with Crippen LogP contribution in [-0.2, 0) is 6.61 Å². The van der Waals surface area contributed by atoms with Crippen LogP contribution in [0, 0.1) is 13.8 Å². The predicted molar refractivity (Wildman–Crippen MR) is 182 cm³/mol. The van der Waals surface area contributed by atoms with Crippen molar-refractivity contribution in [2.45, 2.75) is 27.4 Å². The summed E-state index contributed by atoms with van der Waals surface area (Å²) in [7, 11) is 4.39.